The summed E-state index contributed by atoms with van der Waals surface area (Å²) in [6.45, 7) is 5.76. The normalized spacial score (nSPS) is 21.8. The van der Waals surface area contributed by atoms with E-state index in [1.165, 1.54) is 0 Å². The number of pyridine rings is 1. The first kappa shape index (κ1) is 16.4. The predicted molar refractivity (Wildman–Crippen MR) is 99.0 cm³/mol. The topological polar surface area (TPSA) is 42.3 Å². The first-order valence-electron chi connectivity index (χ1n) is 8.70. The number of aryl methyl sites for hydroxylation is 1. The van der Waals surface area contributed by atoms with Crippen LogP contribution in [0.15, 0.2) is 35.1 Å². The molecule has 1 saturated heterocycles. The lowest BCUT2D eigenvalue weighted by Crippen LogP contribution is -2.48. The molecule has 2 atom stereocenters. The fraction of sp³-hybridized carbons (Fsp3) is 0.400. The summed E-state index contributed by atoms with van der Waals surface area (Å²) >= 11 is 6.41. The van der Waals surface area contributed by atoms with Crippen molar-refractivity contribution in [1.29, 1.82) is 0 Å². The van der Waals surface area contributed by atoms with E-state index in [-0.39, 0.29) is 17.4 Å². The Morgan fingerprint density at radius 2 is 2.00 bits per heavy atom. The highest BCUT2D eigenvalue weighted by molar-refractivity contribution is 6.33. The van der Waals surface area contributed by atoms with Crippen molar-refractivity contribution in [1.82, 2.24) is 9.47 Å². The minimum absolute atomic E-state index is 0.0257. The molecule has 0 saturated carbocycles. The van der Waals surface area contributed by atoms with E-state index in [9.17, 15) is 9.59 Å². The molecule has 5 heteroatoms. The molecule has 3 heterocycles. The van der Waals surface area contributed by atoms with Gasteiger partial charge < -0.3 is 9.47 Å². The van der Waals surface area contributed by atoms with Crippen LogP contribution in [0.5, 0.6) is 0 Å². The van der Waals surface area contributed by atoms with Gasteiger partial charge >= 0.3 is 0 Å². The molecule has 1 aromatic carbocycles. The number of carbonyl (C=O) groups excluding carboxylic acids is 1. The predicted octanol–water partition coefficient (Wildman–Crippen LogP) is 3.44. The molecule has 0 N–H and O–H groups in total. The van der Waals surface area contributed by atoms with Gasteiger partial charge in [0.05, 0.1) is 0 Å². The average molecular weight is 357 g/mol. The molecule has 1 fully saturated rings. The van der Waals surface area contributed by atoms with E-state index in [4.69, 9.17) is 11.6 Å². The molecule has 0 radical (unpaired) electrons. The third kappa shape index (κ3) is 2.78. The number of hydrogen-bond acceptors (Lipinski definition) is 2. The van der Waals surface area contributed by atoms with E-state index in [1.807, 2.05) is 34.6 Å². The Balaban J connectivity index is 1.84. The molecule has 130 valence electrons. The second kappa shape index (κ2) is 6.03. The number of nitrogens with zero attached hydrogens (tertiary/aromatic N) is 2. The van der Waals surface area contributed by atoms with Crippen molar-refractivity contribution in [3.63, 3.8) is 0 Å². The highest BCUT2D eigenvalue weighted by Gasteiger charge is 2.35. The van der Waals surface area contributed by atoms with E-state index in [1.54, 1.807) is 13.0 Å². The summed E-state index contributed by atoms with van der Waals surface area (Å²) in [4.78, 5) is 26.5. The lowest BCUT2D eigenvalue weighted by Gasteiger charge is -2.42. The molecular formula is C20H21ClN2O2. The van der Waals surface area contributed by atoms with Crippen molar-refractivity contribution < 1.29 is 4.79 Å². The molecule has 0 unspecified atom stereocenters. The Bertz CT molecular complexity index is 898. The molecule has 4 nitrogen and oxygen atoms in total. The van der Waals surface area contributed by atoms with Crippen LogP contribution in [0.2, 0.25) is 5.02 Å². The number of aromatic nitrogens is 1. The standard InChI is InChI=1S/C20H21ClN2O2/c1-12-4-3-5-17(21)20(12)15-7-18-16-6-14(9-22(11-16)13(2)24)10-23(18)19(25)8-15/h3-5,7-8,14,16H,6,9-11H2,1-2H3/t14-,16+/m0/s1. The maximum Gasteiger partial charge on any atom is 0.251 e. The maximum absolute atomic E-state index is 12.8. The maximum atomic E-state index is 12.8. The second-order valence-corrected chi connectivity index (χ2v) is 7.68. The van der Waals surface area contributed by atoms with Crippen LogP contribution < -0.4 is 5.56 Å². The number of halogens is 1. The first-order chi connectivity index (χ1) is 11.9. The number of fused-ring (bicyclic) bond motifs is 4. The Hall–Kier alpha value is -2.07. The first-order valence-corrected chi connectivity index (χ1v) is 9.07. The van der Waals surface area contributed by atoms with Gasteiger partial charge in [-0.1, -0.05) is 23.7 Å². The SMILES string of the molecule is CC(=O)N1C[C@@H]2C[C@H](C1)c1cc(-c3c(C)cccc3Cl)cc(=O)n1C2. The van der Waals surface area contributed by atoms with E-state index in [0.717, 1.165) is 35.3 Å². The van der Waals surface area contributed by atoms with Gasteiger partial charge in [0, 0.05) is 54.8 Å². The zero-order valence-electron chi connectivity index (χ0n) is 14.5. The number of hydrogen-bond donors (Lipinski definition) is 0. The number of amides is 1. The lowest BCUT2D eigenvalue weighted by atomic mass is 9.82. The Morgan fingerprint density at radius 1 is 1.20 bits per heavy atom. The molecule has 4 rings (SSSR count). The summed E-state index contributed by atoms with van der Waals surface area (Å²) in [5.41, 5.74) is 3.91. The number of benzene rings is 1. The zero-order chi connectivity index (χ0) is 17.7. The van der Waals surface area contributed by atoms with Gasteiger partial charge in [0.2, 0.25) is 5.91 Å². The number of rotatable bonds is 1. The van der Waals surface area contributed by atoms with Gasteiger partial charge in [-0.3, -0.25) is 9.59 Å². The molecule has 2 aromatic rings. The minimum atomic E-state index is 0.0257. The molecule has 2 aliphatic rings. The van der Waals surface area contributed by atoms with Gasteiger partial charge in [0.1, 0.15) is 0 Å². The van der Waals surface area contributed by atoms with E-state index in [2.05, 4.69) is 6.07 Å². The molecule has 25 heavy (non-hydrogen) atoms. The van der Waals surface area contributed by atoms with Crippen molar-refractivity contribution in [2.75, 3.05) is 13.1 Å². The molecule has 1 aromatic heterocycles. The van der Waals surface area contributed by atoms with Crippen LogP contribution in [0.25, 0.3) is 11.1 Å². The number of piperidine rings is 1. The van der Waals surface area contributed by atoms with E-state index < -0.39 is 0 Å². The van der Waals surface area contributed by atoms with E-state index >= 15 is 0 Å². The molecular weight excluding hydrogens is 336 g/mol. The highest BCUT2D eigenvalue weighted by Crippen LogP contribution is 2.38. The summed E-state index contributed by atoms with van der Waals surface area (Å²) in [7, 11) is 0. The molecule has 0 aliphatic carbocycles. The molecule has 2 aliphatic heterocycles. The average Bonchev–Trinajstić information content (AvgIpc) is 2.55. The third-order valence-corrected chi connectivity index (χ3v) is 5.83. The van der Waals surface area contributed by atoms with Gasteiger partial charge in [0.15, 0.2) is 0 Å². The summed E-state index contributed by atoms with van der Waals surface area (Å²) < 4.78 is 1.89. The summed E-state index contributed by atoms with van der Waals surface area (Å²) in [6.07, 6.45) is 1.04. The fourth-order valence-corrected chi connectivity index (χ4v) is 4.69. The Kier molecular flexibility index (Phi) is 3.95. The quantitative estimate of drug-likeness (QED) is 0.785. The Morgan fingerprint density at radius 3 is 2.72 bits per heavy atom. The second-order valence-electron chi connectivity index (χ2n) is 7.27. The van der Waals surface area contributed by atoms with E-state index in [0.29, 0.717) is 24.0 Å². The van der Waals surface area contributed by atoms with Gasteiger partial charge in [-0.2, -0.15) is 0 Å². The lowest BCUT2D eigenvalue weighted by molar-refractivity contribution is -0.131. The van der Waals surface area contributed by atoms with Gasteiger partial charge in [-0.05, 0) is 42.5 Å². The van der Waals surface area contributed by atoms with Crippen LogP contribution in [-0.2, 0) is 11.3 Å². The van der Waals surface area contributed by atoms with Crippen molar-refractivity contribution in [3.05, 3.63) is 57.0 Å². The highest BCUT2D eigenvalue weighted by atomic mass is 35.5. The van der Waals surface area contributed by atoms with Gasteiger partial charge in [-0.15, -0.1) is 0 Å². The van der Waals surface area contributed by atoms with Crippen molar-refractivity contribution in [2.24, 2.45) is 5.92 Å². The monoisotopic (exact) mass is 356 g/mol. The summed E-state index contributed by atoms with van der Waals surface area (Å²) in [5, 5.41) is 0.659. The third-order valence-electron chi connectivity index (χ3n) is 5.51. The zero-order valence-corrected chi connectivity index (χ0v) is 15.2. The molecule has 2 bridgehead atoms. The van der Waals surface area contributed by atoms with Crippen LogP contribution in [0, 0.1) is 12.8 Å². The fourth-order valence-electron chi connectivity index (χ4n) is 4.36. The smallest absolute Gasteiger partial charge is 0.251 e. The Labute approximate surface area is 152 Å². The van der Waals surface area contributed by atoms with Crippen molar-refractivity contribution >= 4 is 17.5 Å². The van der Waals surface area contributed by atoms with Crippen LogP contribution >= 0.6 is 11.6 Å². The minimum Gasteiger partial charge on any atom is -0.342 e. The van der Waals surface area contributed by atoms with Crippen molar-refractivity contribution in [2.45, 2.75) is 32.7 Å². The van der Waals surface area contributed by atoms with Crippen molar-refractivity contribution in [3.8, 4) is 11.1 Å². The van der Waals surface area contributed by atoms with Crippen LogP contribution in [0.3, 0.4) is 0 Å². The van der Waals surface area contributed by atoms with Gasteiger partial charge in [0.25, 0.3) is 5.56 Å². The van der Waals surface area contributed by atoms with Gasteiger partial charge in [-0.25, -0.2) is 0 Å². The van der Waals surface area contributed by atoms with Crippen LogP contribution in [0.4, 0.5) is 0 Å². The molecule has 0 spiro atoms. The molecule has 1 amide bonds. The van der Waals surface area contributed by atoms with Crippen LogP contribution in [-0.4, -0.2) is 28.5 Å². The summed E-state index contributed by atoms with van der Waals surface area (Å²) in [6, 6.07) is 9.58. The van der Waals surface area contributed by atoms with Crippen LogP contribution in [0.1, 0.15) is 30.5 Å². The number of carbonyl (C=O) groups is 1. The number of likely N-dealkylation sites (tertiary alicyclic amines) is 1. The summed E-state index contributed by atoms with van der Waals surface area (Å²) in [5.74, 6) is 0.691. The largest absolute Gasteiger partial charge is 0.342 e.